The van der Waals surface area contributed by atoms with Crippen LogP contribution in [0.1, 0.15) is 6.42 Å². The molecular formula is C11H17NO2. The normalized spacial score (nSPS) is 12.4. The molecule has 78 valence electrons. The molecule has 3 nitrogen and oxygen atoms in total. The summed E-state index contributed by atoms with van der Waals surface area (Å²) in [6.07, 6.45) is 0.794. The van der Waals surface area contributed by atoms with Crippen molar-refractivity contribution in [3.63, 3.8) is 0 Å². The van der Waals surface area contributed by atoms with E-state index in [0.29, 0.717) is 13.2 Å². The first kappa shape index (κ1) is 11.0. The third-order valence-electron chi connectivity index (χ3n) is 2.13. The topological polar surface area (TPSA) is 55.5 Å². The van der Waals surface area contributed by atoms with Crippen LogP contribution in [0.3, 0.4) is 0 Å². The van der Waals surface area contributed by atoms with Gasteiger partial charge in [0.1, 0.15) is 5.75 Å². The molecule has 0 aromatic heterocycles. The second-order valence-electron chi connectivity index (χ2n) is 3.23. The number of aliphatic hydroxyl groups is 1. The van der Waals surface area contributed by atoms with Gasteiger partial charge in [0.2, 0.25) is 0 Å². The van der Waals surface area contributed by atoms with Crippen LogP contribution in [-0.4, -0.2) is 24.9 Å². The summed E-state index contributed by atoms with van der Waals surface area (Å²) in [5.41, 5.74) is 5.45. The van der Waals surface area contributed by atoms with E-state index in [4.69, 9.17) is 15.6 Å². The Morgan fingerprint density at radius 3 is 2.57 bits per heavy atom. The average Bonchev–Trinajstić information content (AvgIpc) is 2.26. The minimum absolute atomic E-state index is 0.134. The highest BCUT2D eigenvalue weighted by Crippen LogP contribution is 2.09. The molecule has 0 saturated heterocycles. The molecule has 14 heavy (non-hydrogen) atoms. The van der Waals surface area contributed by atoms with E-state index in [1.807, 2.05) is 30.3 Å². The molecule has 0 radical (unpaired) electrons. The molecule has 0 aliphatic carbocycles. The van der Waals surface area contributed by atoms with Gasteiger partial charge in [0, 0.05) is 6.61 Å². The summed E-state index contributed by atoms with van der Waals surface area (Å²) in [4.78, 5) is 0. The number of ether oxygens (including phenoxy) is 1. The van der Waals surface area contributed by atoms with E-state index in [2.05, 4.69) is 0 Å². The lowest BCUT2D eigenvalue weighted by molar-refractivity contribution is 0.195. The molecule has 0 bridgehead atoms. The summed E-state index contributed by atoms with van der Waals surface area (Å²) in [6.45, 7) is 1.25. The smallest absolute Gasteiger partial charge is 0.119 e. The zero-order valence-electron chi connectivity index (χ0n) is 8.23. The molecule has 0 saturated carbocycles. The predicted molar refractivity (Wildman–Crippen MR) is 56.2 cm³/mol. The number of rotatable bonds is 6. The summed E-state index contributed by atoms with van der Waals surface area (Å²) in [7, 11) is 0. The lowest BCUT2D eigenvalue weighted by Gasteiger charge is -2.11. The maximum Gasteiger partial charge on any atom is 0.119 e. The summed E-state index contributed by atoms with van der Waals surface area (Å²) in [6, 6.07) is 9.64. The number of nitrogens with two attached hydrogens (primary N) is 1. The zero-order valence-corrected chi connectivity index (χ0v) is 8.23. The van der Waals surface area contributed by atoms with E-state index in [0.717, 1.165) is 12.2 Å². The fraction of sp³-hybridized carbons (Fsp3) is 0.455. The standard InChI is InChI=1S/C11H17NO2/c12-8-10(9-13)6-7-14-11-4-2-1-3-5-11/h1-5,10,13H,6-9,12H2. The van der Waals surface area contributed by atoms with E-state index < -0.39 is 0 Å². The highest BCUT2D eigenvalue weighted by Gasteiger charge is 2.04. The number of aliphatic hydroxyl groups excluding tert-OH is 1. The van der Waals surface area contributed by atoms with Crippen LogP contribution in [0.25, 0.3) is 0 Å². The molecule has 1 rings (SSSR count). The Morgan fingerprint density at radius 2 is 2.00 bits per heavy atom. The van der Waals surface area contributed by atoms with E-state index in [1.54, 1.807) is 0 Å². The lowest BCUT2D eigenvalue weighted by Crippen LogP contribution is -2.20. The molecule has 1 aromatic rings. The first-order chi connectivity index (χ1) is 6.86. The van der Waals surface area contributed by atoms with Crippen molar-refractivity contribution in [1.82, 2.24) is 0 Å². The first-order valence-electron chi connectivity index (χ1n) is 4.85. The number of hydrogen-bond acceptors (Lipinski definition) is 3. The maximum atomic E-state index is 8.89. The number of para-hydroxylation sites is 1. The van der Waals surface area contributed by atoms with E-state index >= 15 is 0 Å². The van der Waals surface area contributed by atoms with Crippen molar-refractivity contribution in [2.45, 2.75) is 6.42 Å². The van der Waals surface area contributed by atoms with Crippen LogP contribution in [0, 0.1) is 5.92 Å². The minimum Gasteiger partial charge on any atom is -0.494 e. The van der Waals surface area contributed by atoms with Crippen LogP contribution < -0.4 is 10.5 Å². The van der Waals surface area contributed by atoms with E-state index in [1.165, 1.54) is 0 Å². The van der Waals surface area contributed by atoms with Crippen molar-refractivity contribution in [3.05, 3.63) is 30.3 Å². The molecule has 0 fully saturated rings. The predicted octanol–water partition coefficient (Wildman–Crippen LogP) is 1.02. The molecule has 3 N–H and O–H groups in total. The van der Waals surface area contributed by atoms with Crippen LogP contribution in [-0.2, 0) is 0 Å². The second-order valence-corrected chi connectivity index (χ2v) is 3.23. The van der Waals surface area contributed by atoms with Gasteiger partial charge in [-0.25, -0.2) is 0 Å². The molecule has 0 heterocycles. The highest BCUT2D eigenvalue weighted by atomic mass is 16.5. The molecular weight excluding hydrogens is 178 g/mol. The van der Waals surface area contributed by atoms with Crippen LogP contribution in [0.4, 0.5) is 0 Å². The molecule has 1 aromatic carbocycles. The fourth-order valence-corrected chi connectivity index (χ4v) is 1.14. The van der Waals surface area contributed by atoms with Gasteiger partial charge in [-0.15, -0.1) is 0 Å². The van der Waals surface area contributed by atoms with Gasteiger partial charge >= 0.3 is 0 Å². The lowest BCUT2D eigenvalue weighted by atomic mass is 10.1. The van der Waals surface area contributed by atoms with Gasteiger partial charge in [-0.3, -0.25) is 0 Å². The monoisotopic (exact) mass is 195 g/mol. The van der Waals surface area contributed by atoms with Gasteiger partial charge < -0.3 is 15.6 Å². The Kier molecular flexibility index (Phi) is 5.04. The van der Waals surface area contributed by atoms with Crippen molar-refractivity contribution in [3.8, 4) is 5.75 Å². The molecule has 0 amide bonds. The Balaban J connectivity index is 2.21. The Labute approximate surface area is 84.5 Å². The van der Waals surface area contributed by atoms with Gasteiger partial charge in [0.25, 0.3) is 0 Å². The van der Waals surface area contributed by atoms with Crippen LogP contribution >= 0.6 is 0 Å². The summed E-state index contributed by atoms with van der Waals surface area (Å²) in [5.74, 6) is 1.01. The van der Waals surface area contributed by atoms with Crippen LogP contribution in [0.2, 0.25) is 0 Å². The van der Waals surface area contributed by atoms with E-state index in [9.17, 15) is 0 Å². The minimum atomic E-state index is 0.134. The summed E-state index contributed by atoms with van der Waals surface area (Å²) >= 11 is 0. The first-order valence-corrected chi connectivity index (χ1v) is 4.85. The van der Waals surface area contributed by atoms with Gasteiger partial charge in [0.15, 0.2) is 0 Å². The van der Waals surface area contributed by atoms with Crippen molar-refractivity contribution in [2.24, 2.45) is 11.7 Å². The number of hydrogen-bond donors (Lipinski definition) is 2. The van der Waals surface area contributed by atoms with Crippen molar-refractivity contribution < 1.29 is 9.84 Å². The van der Waals surface area contributed by atoms with Gasteiger partial charge in [-0.1, -0.05) is 18.2 Å². The number of benzene rings is 1. The summed E-state index contributed by atoms with van der Waals surface area (Å²) in [5, 5.41) is 8.89. The molecule has 0 aliphatic rings. The van der Waals surface area contributed by atoms with Gasteiger partial charge in [-0.05, 0) is 31.0 Å². The largest absolute Gasteiger partial charge is 0.494 e. The molecule has 0 aliphatic heterocycles. The SMILES string of the molecule is NCC(CO)CCOc1ccccc1. The Hall–Kier alpha value is -1.06. The molecule has 3 heteroatoms. The third kappa shape index (κ3) is 3.77. The van der Waals surface area contributed by atoms with Crippen LogP contribution in [0.5, 0.6) is 5.75 Å². The van der Waals surface area contributed by atoms with Crippen molar-refractivity contribution in [2.75, 3.05) is 19.8 Å². The van der Waals surface area contributed by atoms with Crippen LogP contribution in [0.15, 0.2) is 30.3 Å². The molecule has 1 atom stereocenters. The quantitative estimate of drug-likeness (QED) is 0.712. The van der Waals surface area contributed by atoms with Gasteiger partial charge in [0.05, 0.1) is 6.61 Å². The fourth-order valence-electron chi connectivity index (χ4n) is 1.14. The average molecular weight is 195 g/mol. The van der Waals surface area contributed by atoms with E-state index in [-0.39, 0.29) is 12.5 Å². The third-order valence-corrected chi connectivity index (χ3v) is 2.13. The zero-order chi connectivity index (χ0) is 10.2. The summed E-state index contributed by atoms with van der Waals surface area (Å²) < 4.78 is 5.47. The second kappa shape index (κ2) is 6.40. The Bertz CT molecular complexity index is 234. The van der Waals surface area contributed by atoms with Crippen molar-refractivity contribution in [1.29, 1.82) is 0 Å². The van der Waals surface area contributed by atoms with Gasteiger partial charge in [-0.2, -0.15) is 0 Å². The molecule has 0 spiro atoms. The van der Waals surface area contributed by atoms with Crippen molar-refractivity contribution >= 4 is 0 Å². The maximum absolute atomic E-state index is 8.89. The molecule has 1 unspecified atom stereocenters. The highest BCUT2D eigenvalue weighted by molar-refractivity contribution is 5.20. The Morgan fingerprint density at radius 1 is 1.29 bits per heavy atom.